The van der Waals surface area contributed by atoms with Crippen LogP contribution in [0.15, 0.2) is 0 Å². The molecule has 0 atom stereocenters. The molecule has 0 saturated carbocycles. The topological polar surface area (TPSA) is 81.7 Å². The molecule has 6 nitrogen and oxygen atoms in total. The van der Waals surface area contributed by atoms with E-state index in [2.05, 4.69) is 9.02 Å². The molecular weight excluding hydrogens is 162 g/mol. The van der Waals surface area contributed by atoms with Gasteiger partial charge in [-0.05, 0) is 6.92 Å². The minimum atomic E-state index is -3.06. The summed E-state index contributed by atoms with van der Waals surface area (Å²) in [5.41, 5.74) is 1.53. The van der Waals surface area contributed by atoms with E-state index < -0.39 is 17.1 Å². The van der Waals surface area contributed by atoms with Crippen LogP contribution >= 0.6 is 0 Å². The average molecular weight is 169 g/mol. The smallest absolute Gasteiger partial charge is 0.432 e. The molecule has 0 aliphatic carbocycles. The van der Waals surface area contributed by atoms with Crippen molar-refractivity contribution in [2.75, 3.05) is 6.61 Å². The minimum absolute atomic E-state index is 0.158. The second kappa shape index (κ2) is 5.00. The quantitative estimate of drug-likeness (QED) is 0.426. The Kier molecular flexibility index (Phi) is 4.59. The normalized spacial score (nSPS) is 9.40. The molecule has 0 aromatic carbocycles. The molecule has 10 heavy (non-hydrogen) atoms. The molecule has 0 bridgehead atoms. The van der Waals surface area contributed by atoms with Gasteiger partial charge in [0.15, 0.2) is 0 Å². The molecule has 0 fully saturated rings. The van der Waals surface area contributed by atoms with Gasteiger partial charge in [-0.1, -0.05) is 0 Å². The number of rotatable bonds is 3. The van der Waals surface area contributed by atoms with Crippen LogP contribution in [0.4, 0.5) is 4.79 Å². The van der Waals surface area contributed by atoms with Gasteiger partial charge in [-0.3, -0.25) is 0 Å². The van der Waals surface area contributed by atoms with E-state index in [0.29, 0.717) is 0 Å². The molecule has 0 radical (unpaired) electrons. The summed E-state index contributed by atoms with van der Waals surface area (Å²) in [6.07, 6.45) is -0.929. The van der Waals surface area contributed by atoms with E-state index in [1.54, 1.807) is 6.92 Å². The summed E-state index contributed by atoms with van der Waals surface area (Å²) in [6.45, 7) is 1.74. The third-order valence-corrected chi connectivity index (χ3v) is 0.719. The predicted molar refractivity (Wildman–Crippen MR) is 31.6 cm³/mol. The second-order valence-electron chi connectivity index (χ2n) is 1.14. The zero-order valence-electron chi connectivity index (χ0n) is 5.20. The highest BCUT2D eigenvalue weighted by atomic mass is 32.2. The highest BCUT2D eigenvalue weighted by molar-refractivity contribution is 7.67. The van der Waals surface area contributed by atoms with Gasteiger partial charge >= 0.3 is 6.09 Å². The van der Waals surface area contributed by atoms with E-state index in [4.69, 9.17) is 0 Å². The van der Waals surface area contributed by atoms with Gasteiger partial charge < -0.3 is 4.74 Å². The fraction of sp³-hybridized carbons (Fsp3) is 0.667. The molecular formula is C3H7NO5S. The molecule has 0 heterocycles. The van der Waals surface area contributed by atoms with Gasteiger partial charge in [0.1, 0.15) is 0 Å². The van der Waals surface area contributed by atoms with E-state index >= 15 is 0 Å². The lowest BCUT2D eigenvalue weighted by atomic mass is 10.9. The number of nitrogens with one attached hydrogen (secondary N) is 1. The van der Waals surface area contributed by atoms with Gasteiger partial charge in [-0.25, -0.2) is 13.2 Å². The number of hydrogen-bond acceptors (Lipinski definition) is 5. The molecule has 1 amide bonds. The minimum Gasteiger partial charge on any atom is -0.448 e. The average Bonchev–Trinajstić information content (AvgIpc) is 1.85. The number of carbonyl (C=O) groups is 1. The molecule has 0 unspecified atom stereocenters. The Balaban J connectivity index is 3.40. The van der Waals surface area contributed by atoms with Crippen molar-refractivity contribution in [2.45, 2.75) is 6.92 Å². The first-order valence-electron chi connectivity index (χ1n) is 2.41. The summed E-state index contributed by atoms with van der Waals surface area (Å²) < 4.78 is 27.2. The fourth-order valence-corrected chi connectivity index (χ4v) is 0.384. The van der Waals surface area contributed by atoms with Crippen LogP contribution in [-0.2, 0) is 20.0 Å². The van der Waals surface area contributed by atoms with Gasteiger partial charge in [-0.15, -0.1) is 4.28 Å². The lowest BCUT2D eigenvalue weighted by Crippen LogP contribution is -2.23. The highest BCUT2D eigenvalue weighted by Crippen LogP contribution is 1.75. The maximum Gasteiger partial charge on any atom is 0.432 e. The Labute approximate surface area is 59.2 Å². The Morgan fingerprint density at radius 3 is 2.60 bits per heavy atom. The molecule has 60 valence electrons. The van der Waals surface area contributed by atoms with Gasteiger partial charge in [0.05, 0.1) is 6.61 Å². The van der Waals surface area contributed by atoms with E-state index in [9.17, 15) is 13.2 Å². The van der Waals surface area contributed by atoms with Gasteiger partial charge in [0.2, 0.25) is 0 Å². The first kappa shape index (κ1) is 9.18. The van der Waals surface area contributed by atoms with Crippen LogP contribution in [0, 0.1) is 0 Å². The Morgan fingerprint density at radius 2 is 2.20 bits per heavy atom. The summed E-state index contributed by atoms with van der Waals surface area (Å²) in [5, 5.41) is 0. The lowest BCUT2D eigenvalue weighted by Gasteiger charge is -1.98. The summed E-state index contributed by atoms with van der Waals surface area (Å²) >= 11 is 0. The van der Waals surface area contributed by atoms with Crippen molar-refractivity contribution in [3.8, 4) is 0 Å². The molecule has 0 aromatic rings. The Hall–Kier alpha value is -0.820. The van der Waals surface area contributed by atoms with Gasteiger partial charge in [-0.2, -0.15) is 5.48 Å². The monoisotopic (exact) mass is 169 g/mol. The van der Waals surface area contributed by atoms with Gasteiger partial charge in [0, 0.05) is 0 Å². The molecule has 0 rings (SSSR count). The number of carbonyl (C=O) groups excluding carboxylic acids is 1. The summed E-state index contributed by atoms with van der Waals surface area (Å²) in [6, 6.07) is 0. The first-order chi connectivity index (χ1) is 4.66. The first-order valence-corrected chi connectivity index (χ1v) is 3.50. The molecule has 0 aliphatic heterocycles. The summed E-state index contributed by atoms with van der Waals surface area (Å²) in [7, 11) is -3.06. The molecule has 0 saturated heterocycles. The molecule has 7 heteroatoms. The lowest BCUT2D eigenvalue weighted by molar-refractivity contribution is 0.109. The van der Waals surface area contributed by atoms with Crippen molar-refractivity contribution >= 4 is 17.1 Å². The van der Waals surface area contributed by atoms with E-state index in [0.717, 1.165) is 0 Å². The number of ether oxygens (including phenoxy) is 1. The van der Waals surface area contributed by atoms with Crippen LogP contribution in [0.1, 0.15) is 6.92 Å². The van der Waals surface area contributed by atoms with Crippen molar-refractivity contribution in [2.24, 2.45) is 0 Å². The standard InChI is InChI=1S/C3H7NO5S/c1-2-8-3(5)4-9-10(6)7/h10H,2H2,1H3,(H,4,5). The third kappa shape index (κ3) is 5.32. The van der Waals surface area contributed by atoms with Crippen molar-refractivity contribution in [3.63, 3.8) is 0 Å². The molecule has 0 aromatic heterocycles. The van der Waals surface area contributed by atoms with Crippen molar-refractivity contribution in [1.29, 1.82) is 0 Å². The van der Waals surface area contributed by atoms with Crippen LogP contribution in [0.2, 0.25) is 0 Å². The molecule has 0 aliphatic rings. The fourth-order valence-electron chi connectivity index (χ4n) is 0.235. The number of thiol groups is 1. The zero-order chi connectivity index (χ0) is 7.98. The van der Waals surface area contributed by atoms with Crippen LogP contribution in [-0.4, -0.2) is 21.1 Å². The van der Waals surface area contributed by atoms with E-state index in [-0.39, 0.29) is 6.61 Å². The van der Waals surface area contributed by atoms with Crippen molar-refractivity contribution in [1.82, 2.24) is 5.48 Å². The van der Waals surface area contributed by atoms with Crippen LogP contribution in [0.5, 0.6) is 0 Å². The van der Waals surface area contributed by atoms with Crippen LogP contribution in [0.3, 0.4) is 0 Å². The largest absolute Gasteiger partial charge is 0.448 e. The second-order valence-corrected chi connectivity index (χ2v) is 1.77. The maximum absolute atomic E-state index is 10.2. The Bertz CT molecular complexity index is 168. The number of amides is 1. The summed E-state index contributed by atoms with van der Waals surface area (Å²) in [5.74, 6) is 0. The van der Waals surface area contributed by atoms with Crippen molar-refractivity contribution < 1.29 is 22.2 Å². The number of hydroxylamine groups is 1. The maximum atomic E-state index is 10.2. The molecule has 0 spiro atoms. The van der Waals surface area contributed by atoms with Crippen LogP contribution in [0.25, 0.3) is 0 Å². The third-order valence-electron chi connectivity index (χ3n) is 0.479. The SMILES string of the molecule is CCOC(=O)NO[SH](=O)=O. The molecule has 1 N–H and O–H groups in total. The zero-order valence-corrected chi connectivity index (χ0v) is 6.09. The van der Waals surface area contributed by atoms with Gasteiger partial charge in [0.25, 0.3) is 11.0 Å². The highest BCUT2D eigenvalue weighted by Gasteiger charge is 1.98. The number of hydrogen-bond donors (Lipinski definition) is 2. The van der Waals surface area contributed by atoms with E-state index in [1.165, 1.54) is 5.48 Å². The van der Waals surface area contributed by atoms with Crippen molar-refractivity contribution in [3.05, 3.63) is 0 Å². The van der Waals surface area contributed by atoms with E-state index in [1.807, 2.05) is 0 Å². The Morgan fingerprint density at radius 1 is 1.60 bits per heavy atom. The van der Waals surface area contributed by atoms with Crippen LogP contribution < -0.4 is 5.48 Å². The predicted octanol–water partition coefficient (Wildman–Crippen LogP) is -0.810. The summed E-state index contributed by atoms with van der Waals surface area (Å²) in [4.78, 5) is 10.2.